The van der Waals surface area contributed by atoms with Crippen molar-refractivity contribution in [3.05, 3.63) is 111 Å². The standard InChI is InChI=1S/C34H33N3O6S/c1-6-42-33(41)31-21(3)35-34(44-31)37-28(23-10-14-25(15-11-23)36(4)5)27(30(39)32(37)40)29(38)24-12-16-26(17-13-24)43-19-22-9-7-8-20(2)18-22/h7-18,28,38H,6,19H2,1-5H3/b29-27+. The number of aryl methyl sites for hydroxylation is 2. The van der Waals surface area contributed by atoms with Gasteiger partial charge in [0.25, 0.3) is 5.78 Å². The molecule has 10 heteroatoms. The fraction of sp³-hybridized carbons (Fsp3) is 0.235. The molecule has 1 aliphatic rings. The number of benzene rings is 3. The van der Waals surface area contributed by atoms with Crippen molar-refractivity contribution in [1.82, 2.24) is 4.98 Å². The van der Waals surface area contributed by atoms with Gasteiger partial charge in [0.1, 0.15) is 23.0 Å². The van der Waals surface area contributed by atoms with Crippen LogP contribution in [0.25, 0.3) is 5.76 Å². The molecule has 1 atom stereocenters. The zero-order valence-corrected chi connectivity index (χ0v) is 26.0. The Hall–Kier alpha value is -4.96. The quantitative estimate of drug-likeness (QED) is 0.103. The van der Waals surface area contributed by atoms with Gasteiger partial charge in [-0.3, -0.25) is 14.5 Å². The number of aromatic nitrogens is 1. The third-order valence-corrected chi connectivity index (χ3v) is 8.37. The monoisotopic (exact) mass is 611 g/mol. The molecule has 1 amide bonds. The number of hydrogen-bond donors (Lipinski definition) is 1. The Morgan fingerprint density at radius 3 is 2.36 bits per heavy atom. The number of carbonyl (C=O) groups excluding carboxylic acids is 3. The maximum Gasteiger partial charge on any atom is 0.350 e. The molecule has 44 heavy (non-hydrogen) atoms. The van der Waals surface area contributed by atoms with E-state index in [2.05, 4.69) is 4.98 Å². The minimum absolute atomic E-state index is 0.0773. The normalized spacial score (nSPS) is 15.8. The summed E-state index contributed by atoms with van der Waals surface area (Å²) < 4.78 is 11.1. The summed E-state index contributed by atoms with van der Waals surface area (Å²) in [6.45, 7) is 5.93. The molecule has 1 fully saturated rings. The van der Waals surface area contributed by atoms with Gasteiger partial charge in [-0.2, -0.15) is 0 Å². The van der Waals surface area contributed by atoms with E-state index in [0.29, 0.717) is 29.2 Å². The van der Waals surface area contributed by atoms with E-state index in [4.69, 9.17) is 9.47 Å². The highest BCUT2D eigenvalue weighted by Crippen LogP contribution is 2.44. The highest BCUT2D eigenvalue weighted by Gasteiger charge is 2.48. The zero-order chi connectivity index (χ0) is 31.5. The molecule has 0 aliphatic carbocycles. The van der Waals surface area contributed by atoms with Crippen LogP contribution in [-0.2, 0) is 20.9 Å². The Morgan fingerprint density at radius 2 is 1.73 bits per heavy atom. The highest BCUT2D eigenvalue weighted by atomic mass is 32.1. The maximum atomic E-state index is 13.6. The lowest BCUT2D eigenvalue weighted by molar-refractivity contribution is -0.132. The van der Waals surface area contributed by atoms with Gasteiger partial charge in [-0.25, -0.2) is 9.78 Å². The topological polar surface area (TPSA) is 109 Å². The summed E-state index contributed by atoms with van der Waals surface area (Å²) >= 11 is 0.971. The molecule has 2 heterocycles. The largest absolute Gasteiger partial charge is 0.507 e. The van der Waals surface area contributed by atoms with Crippen LogP contribution in [0.5, 0.6) is 5.75 Å². The summed E-state index contributed by atoms with van der Waals surface area (Å²) in [7, 11) is 3.81. The van der Waals surface area contributed by atoms with Crippen LogP contribution in [0, 0.1) is 13.8 Å². The van der Waals surface area contributed by atoms with Gasteiger partial charge < -0.3 is 19.5 Å². The first kappa shape index (κ1) is 30.5. The summed E-state index contributed by atoms with van der Waals surface area (Å²) in [5.41, 5.74) is 4.34. The number of rotatable bonds is 9. The second-order valence-electron chi connectivity index (χ2n) is 10.6. The molecule has 0 radical (unpaired) electrons. The molecule has 1 aromatic heterocycles. The van der Waals surface area contributed by atoms with Crippen LogP contribution in [0.15, 0.2) is 78.4 Å². The molecule has 226 valence electrons. The van der Waals surface area contributed by atoms with E-state index in [9.17, 15) is 19.5 Å². The fourth-order valence-corrected chi connectivity index (χ4v) is 5.99. The average molecular weight is 612 g/mol. The highest BCUT2D eigenvalue weighted by molar-refractivity contribution is 7.17. The summed E-state index contributed by atoms with van der Waals surface area (Å²) in [6, 6.07) is 21.1. The van der Waals surface area contributed by atoms with E-state index in [1.54, 1.807) is 50.2 Å². The molecular weight excluding hydrogens is 578 g/mol. The van der Waals surface area contributed by atoms with Crippen LogP contribution in [-0.4, -0.2) is 48.5 Å². The van der Waals surface area contributed by atoms with Gasteiger partial charge >= 0.3 is 11.9 Å². The second-order valence-corrected chi connectivity index (χ2v) is 11.6. The number of anilines is 2. The third kappa shape index (κ3) is 6.07. The van der Waals surface area contributed by atoms with Crippen molar-refractivity contribution < 1.29 is 29.0 Å². The van der Waals surface area contributed by atoms with Crippen LogP contribution >= 0.6 is 11.3 Å². The van der Waals surface area contributed by atoms with Crippen molar-refractivity contribution in [1.29, 1.82) is 0 Å². The first-order valence-electron chi connectivity index (χ1n) is 14.1. The number of ketones is 1. The maximum absolute atomic E-state index is 13.6. The number of aliphatic hydroxyl groups excluding tert-OH is 1. The second kappa shape index (κ2) is 12.7. The van der Waals surface area contributed by atoms with Crippen LogP contribution in [0.2, 0.25) is 0 Å². The summed E-state index contributed by atoms with van der Waals surface area (Å²) in [5, 5.41) is 11.7. The van der Waals surface area contributed by atoms with Gasteiger partial charge in [0.2, 0.25) is 0 Å². The number of ether oxygens (including phenoxy) is 2. The van der Waals surface area contributed by atoms with Gasteiger partial charge in [0, 0.05) is 25.3 Å². The molecule has 3 aromatic carbocycles. The van der Waals surface area contributed by atoms with Crippen molar-refractivity contribution in [3.63, 3.8) is 0 Å². The first-order chi connectivity index (χ1) is 21.1. The molecular formula is C34H33N3O6S. The van der Waals surface area contributed by atoms with Crippen molar-refractivity contribution in [3.8, 4) is 5.75 Å². The molecule has 0 spiro atoms. The predicted octanol–water partition coefficient (Wildman–Crippen LogP) is 6.21. The number of esters is 1. The van der Waals surface area contributed by atoms with Crippen molar-refractivity contribution in [2.75, 3.05) is 30.5 Å². The van der Waals surface area contributed by atoms with Gasteiger partial charge in [0.05, 0.1) is 23.9 Å². The minimum atomic E-state index is -0.982. The molecule has 0 bridgehead atoms. The average Bonchev–Trinajstić information content (AvgIpc) is 3.52. The molecule has 4 aromatic rings. The van der Waals surface area contributed by atoms with E-state index < -0.39 is 23.7 Å². The van der Waals surface area contributed by atoms with Gasteiger partial charge in [-0.1, -0.05) is 53.3 Å². The van der Waals surface area contributed by atoms with Gasteiger partial charge in [-0.05, 0) is 68.3 Å². The Kier molecular flexibility index (Phi) is 8.82. The van der Waals surface area contributed by atoms with E-state index in [1.165, 1.54) is 4.90 Å². The van der Waals surface area contributed by atoms with Crippen molar-refractivity contribution in [2.24, 2.45) is 0 Å². The van der Waals surface area contributed by atoms with Crippen LogP contribution in [0.1, 0.15) is 50.6 Å². The van der Waals surface area contributed by atoms with E-state index in [1.807, 2.05) is 62.3 Å². The summed E-state index contributed by atoms with van der Waals surface area (Å²) in [4.78, 5) is 47.6. The van der Waals surface area contributed by atoms with E-state index in [-0.39, 0.29) is 27.9 Å². The molecule has 1 saturated heterocycles. The number of hydrogen-bond acceptors (Lipinski definition) is 9. The predicted molar refractivity (Wildman–Crippen MR) is 170 cm³/mol. The smallest absolute Gasteiger partial charge is 0.350 e. The number of carbonyl (C=O) groups is 3. The lowest BCUT2D eigenvalue weighted by Crippen LogP contribution is -2.29. The number of aliphatic hydroxyl groups is 1. The van der Waals surface area contributed by atoms with Crippen LogP contribution in [0.4, 0.5) is 10.8 Å². The SMILES string of the molecule is CCOC(=O)c1sc(N2C(=O)C(=O)/C(=C(/O)c3ccc(OCc4cccc(C)c4)cc3)C2c2ccc(N(C)C)cc2)nc1C. The Balaban J connectivity index is 1.53. The Morgan fingerprint density at radius 1 is 1.02 bits per heavy atom. The molecule has 1 aliphatic heterocycles. The lowest BCUT2D eigenvalue weighted by Gasteiger charge is -2.23. The van der Waals surface area contributed by atoms with Crippen LogP contribution in [0.3, 0.4) is 0 Å². The van der Waals surface area contributed by atoms with E-state index in [0.717, 1.165) is 28.2 Å². The molecule has 0 saturated carbocycles. The van der Waals surface area contributed by atoms with Crippen molar-refractivity contribution >= 4 is 45.6 Å². The van der Waals surface area contributed by atoms with Crippen LogP contribution < -0.4 is 14.5 Å². The molecule has 5 rings (SSSR count). The fourth-order valence-electron chi connectivity index (χ4n) is 5.00. The lowest BCUT2D eigenvalue weighted by atomic mass is 9.95. The Labute approximate surface area is 260 Å². The van der Waals surface area contributed by atoms with Gasteiger partial charge in [-0.15, -0.1) is 0 Å². The molecule has 1 N–H and O–H groups in total. The van der Waals surface area contributed by atoms with Gasteiger partial charge in [0.15, 0.2) is 5.13 Å². The number of thiazole rings is 1. The summed E-state index contributed by atoms with van der Waals surface area (Å²) in [5.74, 6) is -1.99. The van der Waals surface area contributed by atoms with E-state index >= 15 is 0 Å². The Bertz CT molecular complexity index is 1740. The number of Topliss-reactive ketones (excluding diaryl/α,β-unsaturated/α-hetero) is 1. The number of amides is 1. The minimum Gasteiger partial charge on any atom is -0.507 e. The zero-order valence-electron chi connectivity index (χ0n) is 25.2. The third-order valence-electron chi connectivity index (χ3n) is 7.24. The molecule has 9 nitrogen and oxygen atoms in total. The molecule has 1 unspecified atom stereocenters. The van der Waals surface area contributed by atoms with Crippen molar-refractivity contribution in [2.45, 2.75) is 33.4 Å². The number of nitrogens with zero attached hydrogens (tertiary/aromatic N) is 3. The first-order valence-corrected chi connectivity index (χ1v) is 14.9. The summed E-state index contributed by atoms with van der Waals surface area (Å²) in [6.07, 6.45) is 0.